The Labute approximate surface area is 186 Å². The van der Waals surface area contributed by atoms with Crippen molar-refractivity contribution in [3.63, 3.8) is 0 Å². The molecule has 6 nitrogen and oxygen atoms in total. The first-order valence-electron chi connectivity index (χ1n) is 10.2. The maximum absolute atomic E-state index is 13.5. The number of ether oxygens (including phenoxy) is 1. The number of pyridine rings is 2. The monoisotopic (exact) mass is 460 g/mol. The SMILES string of the molecule is Cc1ccnc(C(=O)N2C[C@H]3C[C@@H](Oc4ccc(C(F)(F)F)cn4)[C@@H]2C3)c1-c1nccs1. The quantitative estimate of drug-likeness (QED) is 0.569. The van der Waals surface area contributed by atoms with Crippen LogP contribution in [0.1, 0.15) is 34.5 Å². The van der Waals surface area contributed by atoms with E-state index in [0.29, 0.717) is 12.2 Å². The van der Waals surface area contributed by atoms with Gasteiger partial charge < -0.3 is 9.64 Å². The van der Waals surface area contributed by atoms with E-state index in [-0.39, 0.29) is 29.9 Å². The van der Waals surface area contributed by atoms with E-state index in [0.717, 1.165) is 41.2 Å². The molecule has 2 fully saturated rings. The van der Waals surface area contributed by atoms with Gasteiger partial charge in [0.05, 0.1) is 11.6 Å². The number of carbonyl (C=O) groups is 1. The van der Waals surface area contributed by atoms with Crippen LogP contribution in [0.15, 0.2) is 42.2 Å². The van der Waals surface area contributed by atoms with Gasteiger partial charge in [-0.25, -0.2) is 9.97 Å². The lowest BCUT2D eigenvalue weighted by Gasteiger charge is -2.33. The maximum Gasteiger partial charge on any atom is 0.417 e. The van der Waals surface area contributed by atoms with Crippen molar-refractivity contribution in [1.82, 2.24) is 19.9 Å². The molecule has 10 heteroatoms. The van der Waals surface area contributed by atoms with E-state index in [1.54, 1.807) is 17.3 Å². The van der Waals surface area contributed by atoms with Crippen LogP contribution in [-0.2, 0) is 6.18 Å². The highest BCUT2D eigenvalue weighted by atomic mass is 32.1. The summed E-state index contributed by atoms with van der Waals surface area (Å²) < 4.78 is 44.2. The van der Waals surface area contributed by atoms with Gasteiger partial charge in [-0.15, -0.1) is 11.3 Å². The fourth-order valence-electron chi connectivity index (χ4n) is 4.57. The molecule has 5 rings (SSSR count). The molecule has 0 spiro atoms. The Kier molecular flexibility index (Phi) is 5.11. The lowest BCUT2D eigenvalue weighted by molar-refractivity contribution is -0.137. The molecule has 1 saturated heterocycles. The highest BCUT2D eigenvalue weighted by Crippen LogP contribution is 2.41. The summed E-state index contributed by atoms with van der Waals surface area (Å²) >= 11 is 1.45. The van der Waals surface area contributed by atoms with Gasteiger partial charge >= 0.3 is 6.18 Å². The summed E-state index contributed by atoms with van der Waals surface area (Å²) in [6.45, 7) is 2.53. The van der Waals surface area contributed by atoms with Gasteiger partial charge in [0, 0.05) is 42.1 Å². The number of carbonyl (C=O) groups excluding carboxylic acids is 1. The van der Waals surface area contributed by atoms with E-state index in [2.05, 4.69) is 15.0 Å². The van der Waals surface area contributed by atoms with Gasteiger partial charge in [0.15, 0.2) is 0 Å². The van der Waals surface area contributed by atoms with Gasteiger partial charge in [0.1, 0.15) is 16.8 Å². The molecule has 4 heterocycles. The van der Waals surface area contributed by atoms with E-state index >= 15 is 0 Å². The second-order valence-electron chi connectivity index (χ2n) is 8.09. The van der Waals surface area contributed by atoms with Crippen molar-refractivity contribution in [3.05, 3.63) is 59.0 Å². The van der Waals surface area contributed by atoms with Gasteiger partial charge in [-0.2, -0.15) is 13.2 Å². The molecule has 1 saturated carbocycles. The minimum atomic E-state index is -4.45. The molecule has 2 aliphatic rings. The van der Waals surface area contributed by atoms with E-state index in [4.69, 9.17) is 4.74 Å². The topological polar surface area (TPSA) is 68.2 Å². The van der Waals surface area contributed by atoms with E-state index < -0.39 is 11.7 Å². The van der Waals surface area contributed by atoms with Crippen molar-refractivity contribution in [2.24, 2.45) is 5.92 Å². The van der Waals surface area contributed by atoms with Gasteiger partial charge in [-0.3, -0.25) is 9.78 Å². The van der Waals surface area contributed by atoms with Gasteiger partial charge in [-0.1, -0.05) is 0 Å². The van der Waals surface area contributed by atoms with Crippen LogP contribution in [-0.4, -0.2) is 44.4 Å². The number of thiazole rings is 1. The van der Waals surface area contributed by atoms with Crippen LogP contribution in [0, 0.1) is 12.8 Å². The fourth-order valence-corrected chi connectivity index (χ4v) is 5.32. The molecule has 0 radical (unpaired) electrons. The molecule has 1 aliphatic heterocycles. The Morgan fingerprint density at radius 3 is 2.66 bits per heavy atom. The average molecular weight is 460 g/mol. The average Bonchev–Trinajstić information content (AvgIpc) is 3.50. The van der Waals surface area contributed by atoms with Gasteiger partial charge in [0.2, 0.25) is 5.88 Å². The Morgan fingerprint density at radius 2 is 2.00 bits per heavy atom. The summed E-state index contributed by atoms with van der Waals surface area (Å²) in [5, 5.41) is 2.60. The molecule has 2 bridgehead atoms. The number of alkyl halides is 3. The number of fused-ring (bicyclic) bond motifs is 2. The molecule has 166 valence electrons. The minimum Gasteiger partial charge on any atom is -0.472 e. The Balaban J connectivity index is 1.37. The number of piperidine rings is 1. The summed E-state index contributed by atoms with van der Waals surface area (Å²) in [6, 6.07) is 3.85. The molecule has 3 aromatic rings. The predicted octanol–water partition coefficient (Wildman–Crippen LogP) is 4.61. The Bertz CT molecular complexity index is 1140. The summed E-state index contributed by atoms with van der Waals surface area (Å²) in [5.74, 6) is 0.219. The van der Waals surface area contributed by atoms with Crippen molar-refractivity contribution < 1.29 is 22.7 Å². The summed E-state index contributed by atoms with van der Waals surface area (Å²) in [5.41, 5.74) is 1.19. The number of aromatic nitrogens is 3. The smallest absolute Gasteiger partial charge is 0.417 e. The second kappa shape index (κ2) is 7.84. The molecule has 3 aromatic heterocycles. The number of rotatable bonds is 4. The van der Waals surface area contributed by atoms with Crippen LogP contribution in [0.2, 0.25) is 0 Å². The number of likely N-dealkylation sites (tertiary alicyclic amines) is 1. The molecule has 32 heavy (non-hydrogen) atoms. The molecular formula is C22H19F3N4O2S. The zero-order chi connectivity index (χ0) is 22.5. The van der Waals surface area contributed by atoms with Crippen LogP contribution in [0.3, 0.4) is 0 Å². The lowest BCUT2D eigenvalue weighted by atomic mass is 10.0. The first-order valence-corrected chi connectivity index (χ1v) is 11.1. The zero-order valence-corrected chi connectivity index (χ0v) is 17.9. The molecule has 0 unspecified atom stereocenters. The number of hydrogen-bond acceptors (Lipinski definition) is 6. The zero-order valence-electron chi connectivity index (χ0n) is 17.0. The van der Waals surface area contributed by atoms with Crippen molar-refractivity contribution in [3.8, 4) is 16.5 Å². The standard InChI is InChI=1S/C22H19F3N4O2S/c1-12-4-5-26-19(18(12)20-27-6-7-32-20)21(30)29-11-13-8-15(29)16(9-13)31-17-3-2-14(10-28-17)22(23,24)25/h2-7,10,13,15-16H,8-9,11H2,1H3/t13-,15+,16-/m1/s1. The largest absolute Gasteiger partial charge is 0.472 e. The Hall–Kier alpha value is -3.01. The molecule has 1 amide bonds. The number of halogens is 3. The molecular weight excluding hydrogens is 441 g/mol. The number of aryl methyl sites for hydroxylation is 1. The van der Waals surface area contributed by atoms with Crippen LogP contribution in [0.4, 0.5) is 13.2 Å². The molecule has 1 aliphatic carbocycles. The number of hydrogen-bond donors (Lipinski definition) is 0. The van der Waals surface area contributed by atoms with Crippen LogP contribution in [0.5, 0.6) is 5.88 Å². The second-order valence-corrected chi connectivity index (χ2v) is 8.98. The van der Waals surface area contributed by atoms with E-state index in [1.807, 2.05) is 18.4 Å². The fraction of sp³-hybridized carbons (Fsp3) is 0.364. The molecule has 0 aromatic carbocycles. The Morgan fingerprint density at radius 1 is 1.16 bits per heavy atom. The molecule has 3 atom stereocenters. The third kappa shape index (κ3) is 3.72. The molecule has 0 N–H and O–H groups in total. The van der Waals surface area contributed by atoms with E-state index in [1.165, 1.54) is 17.4 Å². The van der Waals surface area contributed by atoms with Crippen LogP contribution < -0.4 is 4.74 Å². The maximum atomic E-state index is 13.5. The number of amides is 1. The highest BCUT2D eigenvalue weighted by Gasteiger charge is 2.49. The van der Waals surface area contributed by atoms with Crippen molar-refractivity contribution in [2.75, 3.05) is 6.54 Å². The third-order valence-corrected chi connectivity index (χ3v) is 6.82. The third-order valence-electron chi connectivity index (χ3n) is 6.03. The van der Waals surface area contributed by atoms with Gasteiger partial charge in [-0.05, 0) is 43.4 Å². The van der Waals surface area contributed by atoms with Gasteiger partial charge in [0.25, 0.3) is 5.91 Å². The van der Waals surface area contributed by atoms with Crippen molar-refractivity contribution in [1.29, 1.82) is 0 Å². The summed E-state index contributed by atoms with van der Waals surface area (Å²) in [4.78, 5) is 27.8. The predicted molar refractivity (Wildman–Crippen MR) is 111 cm³/mol. The highest BCUT2D eigenvalue weighted by molar-refractivity contribution is 7.13. The van der Waals surface area contributed by atoms with Crippen LogP contribution in [0.25, 0.3) is 10.6 Å². The van der Waals surface area contributed by atoms with Crippen molar-refractivity contribution >= 4 is 17.2 Å². The first kappa shape index (κ1) is 20.9. The summed E-state index contributed by atoms with van der Waals surface area (Å²) in [6.07, 6.45) is 0.829. The number of nitrogens with zero attached hydrogens (tertiary/aromatic N) is 4. The van der Waals surface area contributed by atoms with E-state index in [9.17, 15) is 18.0 Å². The first-order chi connectivity index (χ1) is 15.3. The van der Waals surface area contributed by atoms with Crippen LogP contribution >= 0.6 is 11.3 Å². The summed E-state index contributed by atoms with van der Waals surface area (Å²) in [7, 11) is 0. The lowest BCUT2D eigenvalue weighted by Crippen LogP contribution is -2.47. The minimum absolute atomic E-state index is 0.125. The van der Waals surface area contributed by atoms with Crippen molar-refractivity contribution in [2.45, 2.75) is 38.1 Å². The normalized spacial score (nSPS) is 22.4.